The lowest BCUT2D eigenvalue weighted by atomic mass is 9.69. The van der Waals surface area contributed by atoms with Crippen molar-refractivity contribution in [1.29, 1.82) is 0 Å². The first kappa shape index (κ1) is 21.9. The molecular formula is C24H34O6. The number of rotatable bonds is 11. The van der Waals surface area contributed by atoms with Crippen molar-refractivity contribution in [2.75, 3.05) is 33.7 Å². The zero-order valence-electron chi connectivity index (χ0n) is 18.1. The lowest BCUT2D eigenvalue weighted by molar-refractivity contribution is -0.187. The fourth-order valence-electron chi connectivity index (χ4n) is 5.84. The molecule has 0 amide bonds. The monoisotopic (exact) mass is 418 g/mol. The zero-order valence-corrected chi connectivity index (χ0v) is 18.1. The van der Waals surface area contributed by atoms with E-state index in [1.165, 1.54) is 5.56 Å². The Kier molecular flexibility index (Phi) is 6.90. The summed E-state index contributed by atoms with van der Waals surface area (Å²) in [4.78, 5) is 12.4. The standard InChI is InChI=1S/C24H34O6/c1-18(29-17-27-13-12-26-2)20-8-10-23(16-28-15-19-6-4-3-5-7-19)14-22-21(25)9-11-24(20,23)30-22/h3-7,18,20,22H,8-17H2,1-2H3/t18-,20+,22+,23-,24-/m1/s1. The van der Waals surface area contributed by atoms with Crippen molar-refractivity contribution in [3.05, 3.63) is 35.9 Å². The maximum absolute atomic E-state index is 12.4. The fourth-order valence-corrected chi connectivity index (χ4v) is 5.84. The average Bonchev–Trinajstić information content (AvgIpc) is 3.19. The van der Waals surface area contributed by atoms with Crippen LogP contribution < -0.4 is 0 Å². The minimum atomic E-state index is -0.339. The van der Waals surface area contributed by atoms with E-state index in [-0.39, 0.29) is 41.7 Å². The molecule has 4 rings (SSSR count). The minimum Gasteiger partial charge on any atom is -0.382 e. The third kappa shape index (κ3) is 4.08. The summed E-state index contributed by atoms with van der Waals surface area (Å²) in [5.41, 5.74) is 0.715. The molecular weight excluding hydrogens is 384 g/mol. The molecule has 1 saturated carbocycles. The fraction of sp³-hybridized carbons (Fsp3) is 0.708. The molecule has 0 radical (unpaired) electrons. The van der Waals surface area contributed by atoms with Crippen LogP contribution in [0.5, 0.6) is 0 Å². The van der Waals surface area contributed by atoms with Gasteiger partial charge in [-0.05, 0) is 38.2 Å². The number of carbonyl (C=O) groups excluding carboxylic acids is 1. The Balaban J connectivity index is 1.43. The zero-order chi connectivity index (χ0) is 21.0. The van der Waals surface area contributed by atoms with E-state index in [4.69, 9.17) is 23.7 Å². The van der Waals surface area contributed by atoms with Crippen molar-refractivity contribution in [3.63, 3.8) is 0 Å². The molecule has 2 bridgehead atoms. The number of ether oxygens (including phenoxy) is 5. The highest BCUT2D eigenvalue weighted by Gasteiger charge is 2.69. The Morgan fingerprint density at radius 2 is 2.00 bits per heavy atom. The van der Waals surface area contributed by atoms with E-state index in [0.29, 0.717) is 32.8 Å². The highest BCUT2D eigenvalue weighted by Crippen LogP contribution is 2.65. The number of hydrogen-bond acceptors (Lipinski definition) is 6. The Hall–Kier alpha value is -1.31. The molecule has 0 unspecified atom stereocenters. The van der Waals surface area contributed by atoms with Gasteiger partial charge in [-0.3, -0.25) is 4.79 Å². The lowest BCUT2D eigenvalue weighted by Gasteiger charge is -2.45. The molecule has 1 spiro atoms. The first-order chi connectivity index (χ1) is 14.6. The number of ketones is 1. The normalized spacial score (nSPS) is 33.6. The maximum atomic E-state index is 12.4. The van der Waals surface area contributed by atoms with Crippen LogP contribution in [0.4, 0.5) is 0 Å². The molecule has 3 fully saturated rings. The number of hydrogen-bond donors (Lipinski definition) is 0. The van der Waals surface area contributed by atoms with Gasteiger partial charge in [0, 0.05) is 24.9 Å². The van der Waals surface area contributed by atoms with Crippen molar-refractivity contribution >= 4 is 5.78 Å². The molecule has 1 aliphatic carbocycles. The van der Waals surface area contributed by atoms with Crippen LogP contribution in [0.15, 0.2) is 30.3 Å². The number of carbonyl (C=O) groups is 1. The number of fused-ring (bicyclic) bond motifs is 1. The quantitative estimate of drug-likeness (QED) is 0.405. The SMILES string of the molecule is COCCOCO[C@H](C)[C@@H]1CC[C@]2(COCc3ccccc3)C[C@@H]3O[C@]12CCC3=O. The van der Waals surface area contributed by atoms with Gasteiger partial charge < -0.3 is 23.7 Å². The van der Waals surface area contributed by atoms with Gasteiger partial charge in [0.05, 0.1) is 38.1 Å². The molecule has 3 aliphatic rings. The lowest BCUT2D eigenvalue weighted by Crippen LogP contribution is -2.52. The second kappa shape index (κ2) is 9.45. The second-order valence-corrected chi connectivity index (χ2v) is 8.96. The largest absolute Gasteiger partial charge is 0.382 e. The van der Waals surface area contributed by atoms with Crippen molar-refractivity contribution < 1.29 is 28.5 Å². The molecule has 2 heterocycles. The molecule has 2 aliphatic heterocycles. The minimum absolute atomic E-state index is 0.00417. The molecule has 5 atom stereocenters. The maximum Gasteiger partial charge on any atom is 0.161 e. The molecule has 30 heavy (non-hydrogen) atoms. The van der Waals surface area contributed by atoms with Crippen LogP contribution in [0.25, 0.3) is 0 Å². The summed E-state index contributed by atoms with van der Waals surface area (Å²) in [7, 11) is 1.65. The van der Waals surface area contributed by atoms with Crippen LogP contribution in [0.3, 0.4) is 0 Å². The molecule has 0 N–H and O–H groups in total. The summed E-state index contributed by atoms with van der Waals surface area (Å²) in [5, 5.41) is 0. The molecule has 2 saturated heterocycles. The predicted molar refractivity (Wildman–Crippen MR) is 111 cm³/mol. The van der Waals surface area contributed by atoms with Gasteiger partial charge in [-0.1, -0.05) is 30.3 Å². The molecule has 1 aromatic carbocycles. The Bertz CT molecular complexity index is 709. The molecule has 1 aromatic rings. The topological polar surface area (TPSA) is 63.2 Å². The van der Waals surface area contributed by atoms with Crippen LogP contribution >= 0.6 is 0 Å². The van der Waals surface area contributed by atoms with E-state index in [1.54, 1.807) is 7.11 Å². The van der Waals surface area contributed by atoms with Crippen LogP contribution in [0, 0.1) is 11.3 Å². The van der Waals surface area contributed by atoms with E-state index in [2.05, 4.69) is 19.1 Å². The van der Waals surface area contributed by atoms with Crippen LogP contribution in [0.1, 0.15) is 44.6 Å². The van der Waals surface area contributed by atoms with Crippen LogP contribution in [0.2, 0.25) is 0 Å². The van der Waals surface area contributed by atoms with E-state index < -0.39 is 0 Å². The first-order valence-corrected chi connectivity index (χ1v) is 11.1. The molecule has 6 heteroatoms. The summed E-state index contributed by atoms with van der Waals surface area (Å²) in [5.74, 6) is 0.481. The molecule has 166 valence electrons. The van der Waals surface area contributed by atoms with Gasteiger partial charge in [-0.15, -0.1) is 0 Å². The van der Waals surface area contributed by atoms with Crippen molar-refractivity contribution in [1.82, 2.24) is 0 Å². The Morgan fingerprint density at radius 1 is 1.17 bits per heavy atom. The average molecular weight is 419 g/mol. The third-order valence-electron chi connectivity index (χ3n) is 7.36. The van der Waals surface area contributed by atoms with Gasteiger partial charge >= 0.3 is 0 Å². The summed E-state index contributed by atoms with van der Waals surface area (Å²) in [6.07, 6.45) is 3.87. The number of benzene rings is 1. The van der Waals surface area contributed by atoms with Gasteiger partial charge in [0.15, 0.2) is 5.78 Å². The number of methoxy groups -OCH3 is 1. The van der Waals surface area contributed by atoms with E-state index >= 15 is 0 Å². The predicted octanol–water partition coefficient (Wildman–Crippen LogP) is 3.52. The summed E-state index contributed by atoms with van der Waals surface area (Å²) >= 11 is 0. The Labute approximate surface area is 179 Å². The van der Waals surface area contributed by atoms with Gasteiger partial charge in [-0.25, -0.2) is 0 Å². The molecule has 6 nitrogen and oxygen atoms in total. The van der Waals surface area contributed by atoms with Gasteiger partial charge in [-0.2, -0.15) is 0 Å². The summed E-state index contributed by atoms with van der Waals surface area (Å²) < 4.78 is 29.3. The van der Waals surface area contributed by atoms with E-state index in [1.807, 2.05) is 18.2 Å². The van der Waals surface area contributed by atoms with Crippen molar-refractivity contribution in [3.8, 4) is 0 Å². The molecule has 0 aromatic heterocycles. The van der Waals surface area contributed by atoms with Crippen LogP contribution in [-0.4, -0.2) is 57.3 Å². The second-order valence-electron chi connectivity index (χ2n) is 8.96. The number of Topliss-reactive ketones (excluding diaryl/α,β-unsaturated/α-hetero) is 1. The first-order valence-electron chi connectivity index (χ1n) is 11.1. The highest BCUT2D eigenvalue weighted by atomic mass is 16.7. The van der Waals surface area contributed by atoms with Gasteiger partial charge in [0.1, 0.15) is 12.9 Å². The smallest absolute Gasteiger partial charge is 0.161 e. The Morgan fingerprint density at radius 3 is 2.80 bits per heavy atom. The van der Waals surface area contributed by atoms with Crippen molar-refractivity contribution in [2.45, 2.75) is 63.4 Å². The van der Waals surface area contributed by atoms with Gasteiger partial charge in [0.2, 0.25) is 0 Å². The summed E-state index contributed by atoms with van der Waals surface area (Å²) in [6.45, 7) is 4.63. The summed E-state index contributed by atoms with van der Waals surface area (Å²) in [6, 6.07) is 10.2. The van der Waals surface area contributed by atoms with E-state index in [0.717, 1.165) is 25.7 Å². The van der Waals surface area contributed by atoms with Crippen LogP contribution in [-0.2, 0) is 35.1 Å². The van der Waals surface area contributed by atoms with Gasteiger partial charge in [0.25, 0.3) is 0 Å². The van der Waals surface area contributed by atoms with Crippen molar-refractivity contribution in [2.24, 2.45) is 11.3 Å². The van der Waals surface area contributed by atoms with E-state index in [9.17, 15) is 4.79 Å². The highest BCUT2D eigenvalue weighted by molar-refractivity contribution is 5.85. The third-order valence-corrected chi connectivity index (χ3v) is 7.36.